The Morgan fingerprint density at radius 1 is 1.15 bits per heavy atom. The van der Waals surface area contributed by atoms with Gasteiger partial charge in [-0.05, 0) is 93.3 Å². The number of likely N-dealkylation sites (tertiary alicyclic amines) is 1. The molecule has 3 aliphatic rings. The number of rotatable bonds is 7. The molecule has 1 saturated carbocycles. The van der Waals surface area contributed by atoms with Crippen LogP contribution in [-0.2, 0) is 16.0 Å². The molecule has 3 amide bonds. The van der Waals surface area contributed by atoms with E-state index >= 15 is 0 Å². The first-order valence-electron chi connectivity index (χ1n) is 14.4. The van der Waals surface area contributed by atoms with Gasteiger partial charge in [0.2, 0.25) is 11.8 Å². The van der Waals surface area contributed by atoms with Gasteiger partial charge in [-0.25, -0.2) is 9.82 Å². The molecule has 3 fully saturated rings. The molecular weight excluding hydrogens is 511 g/mol. The first-order chi connectivity index (χ1) is 19.1. The van der Waals surface area contributed by atoms with Gasteiger partial charge in [0.05, 0.1) is 24.2 Å². The average molecular weight is 551 g/mol. The van der Waals surface area contributed by atoms with Gasteiger partial charge in [0.1, 0.15) is 5.82 Å². The molecule has 0 radical (unpaired) electrons. The summed E-state index contributed by atoms with van der Waals surface area (Å²) in [6.07, 6.45) is 5.67. The lowest BCUT2D eigenvalue weighted by Crippen LogP contribution is -2.53. The largest absolute Gasteiger partial charge is 0.388 e. The Morgan fingerprint density at radius 2 is 1.93 bits per heavy atom. The molecule has 2 aliphatic heterocycles. The smallest absolute Gasteiger partial charge is 0.251 e. The number of hydrazine groups is 1. The zero-order valence-electron chi connectivity index (χ0n) is 23.2. The van der Waals surface area contributed by atoms with E-state index < -0.39 is 5.60 Å². The third-order valence-electron chi connectivity index (χ3n) is 8.92. The molecule has 2 heterocycles. The highest BCUT2D eigenvalue weighted by atomic mass is 19.1. The fourth-order valence-corrected chi connectivity index (χ4v) is 6.79. The Bertz CT molecular complexity index is 1280. The number of nitrogens with zero attached hydrogens (tertiary/aromatic N) is 1. The van der Waals surface area contributed by atoms with Gasteiger partial charge in [0.25, 0.3) is 5.91 Å². The van der Waals surface area contributed by atoms with Crippen molar-refractivity contribution >= 4 is 17.7 Å². The quantitative estimate of drug-likeness (QED) is 0.422. The summed E-state index contributed by atoms with van der Waals surface area (Å²) in [5.74, 6) is -1.19. The van der Waals surface area contributed by atoms with E-state index in [9.17, 15) is 23.9 Å². The molecule has 0 spiro atoms. The maximum atomic E-state index is 14.1. The van der Waals surface area contributed by atoms with Crippen LogP contribution in [0.2, 0.25) is 0 Å². The molecule has 9 heteroatoms. The van der Waals surface area contributed by atoms with Crippen molar-refractivity contribution in [2.45, 2.75) is 88.9 Å². The van der Waals surface area contributed by atoms with Crippen molar-refractivity contribution in [3.05, 3.63) is 70.5 Å². The van der Waals surface area contributed by atoms with Gasteiger partial charge in [0.15, 0.2) is 0 Å². The summed E-state index contributed by atoms with van der Waals surface area (Å²) in [5, 5.41) is 14.2. The number of benzene rings is 2. The van der Waals surface area contributed by atoms with Gasteiger partial charge >= 0.3 is 0 Å². The molecule has 4 N–H and O–H groups in total. The Kier molecular flexibility index (Phi) is 8.24. The van der Waals surface area contributed by atoms with Gasteiger partial charge in [0, 0.05) is 17.5 Å². The van der Waals surface area contributed by atoms with Crippen molar-refractivity contribution in [1.82, 2.24) is 21.1 Å². The highest BCUT2D eigenvalue weighted by Crippen LogP contribution is 2.45. The summed E-state index contributed by atoms with van der Waals surface area (Å²) in [6, 6.07) is 11.1. The molecule has 2 saturated heterocycles. The molecule has 0 aromatic heterocycles. The minimum atomic E-state index is -0.961. The van der Waals surface area contributed by atoms with Crippen LogP contribution < -0.4 is 16.2 Å². The minimum absolute atomic E-state index is 0.0307. The van der Waals surface area contributed by atoms with Crippen LogP contribution in [0.1, 0.15) is 85.0 Å². The Morgan fingerprint density at radius 3 is 2.65 bits per heavy atom. The minimum Gasteiger partial charge on any atom is -0.388 e. The van der Waals surface area contributed by atoms with Crippen LogP contribution in [0.5, 0.6) is 0 Å². The van der Waals surface area contributed by atoms with E-state index in [0.717, 1.165) is 30.4 Å². The number of amides is 3. The summed E-state index contributed by atoms with van der Waals surface area (Å²) in [5.41, 5.74) is 7.76. The van der Waals surface area contributed by atoms with Crippen LogP contribution in [0.4, 0.5) is 4.39 Å². The summed E-state index contributed by atoms with van der Waals surface area (Å²) < 4.78 is 14.1. The standard InChI is InChI=1S/C31H39FN4O4/c1-19-14-23(9-8-21(19)16-24-15-20(2)34-35-30(24)39)29(38)33-18-28(37)36-26(22-6-5-7-25(32)17-22)10-11-27(36)31(40)12-3-4-13-31/h5-9,14,17,20,24,26-27,34,40H,3-4,10-13,15-16,18H2,1-2H3,(H,33,38)(H,35,39)/t20?,24?,26-,27+/m0/s1. The normalized spacial score (nSPS) is 26.0. The molecule has 2 aromatic rings. The summed E-state index contributed by atoms with van der Waals surface area (Å²) >= 11 is 0. The van der Waals surface area contributed by atoms with Crippen molar-refractivity contribution in [2.24, 2.45) is 5.92 Å². The Labute approximate surface area is 234 Å². The lowest BCUT2D eigenvalue weighted by Gasteiger charge is -2.39. The fraction of sp³-hybridized carbons (Fsp3) is 0.516. The number of nitrogens with one attached hydrogen (secondary N) is 3. The lowest BCUT2D eigenvalue weighted by molar-refractivity contribution is -0.139. The van der Waals surface area contributed by atoms with Crippen molar-refractivity contribution in [1.29, 1.82) is 0 Å². The van der Waals surface area contributed by atoms with Crippen molar-refractivity contribution < 1.29 is 23.9 Å². The Balaban J connectivity index is 1.27. The van der Waals surface area contributed by atoms with E-state index in [2.05, 4.69) is 16.2 Å². The van der Waals surface area contributed by atoms with Crippen LogP contribution in [-0.4, -0.2) is 52.0 Å². The number of hydrogen-bond donors (Lipinski definition) is 4. The fourth-order valence-electron chi connectivity index (χ4n) is 6.79. The maximum Gasteiger partial charge on any atom is 0.251 e. The van der Waals surface area contributed by atoms with Gasteiger partial charge in [-0.15, -0.1) is 0 Å². The molecule has 8 nitrogen and oxygen atoms in total. The van der Waals surface area contributed by atoms with Gasteiger partial charge in [-0.3, -0.25) is 19.8 Å². The van der Waals surface area contributed by atoms with Crippen LogP contribution in [0.3, 0.4) is 0 Å². The van der Waals surface area contributed by atoms with Gasteiger partial charge in [-0.2, -0.15) is 0 Å². The molecule has 4 atom stereocenters. The second-order valence-electron chi connectivity index (χ2n) is 11.8. The van der Waals surface area contributed by atoms with E-state index in [1.54, 1.807) is 23.1 Å². The summed E-state index contributed by atoms with van der Waals surface area (Å²) in [7, 11) is 0. The molecule has 5 rings (SSSR count). The third-order valence-corrected chi connectivity index (χ3v) is 8.92. The summed E-state index contributed by atoms with van der Waals surface area (Å²) in [6.45, 7) is 3.72. The third kappa shape index (κ3) is 5.90. The zero-order valence-corrected chi connectivity index (χ0v) is 23.2. The Hall–Kier alpha value is -3.30. The number of carbonyl (C=O) groups excluding carboxylic acids is 3. The first-order valence-corrected chi connectivity index (χ1v) is 14.4. The molecule has 2 unspecified atom stereocenters. The monoisotopic (exact) mass is 550 g/mol. The molecular formula is C31H39FN4O4. The number of hydrogen-bond acceptors (Lipinski definition) is 5. The predicted molar refractivity (Wildman–Crippen MR) is 148 cm³/mol. The predicted octanol–water partition coefficient (Wildman–Crippen LogP) is 3.47. The second kappa shape index (κ2) is 11.7. The zero-order chi connectivity index (χ0) is 28.4. The number of aliphatic hydroxyl groups is 1. The van der Waals surface area contributed by atoms with E-state index in [1.807, 2.05) is 26.0 Å². The van der Waals surface area contributed by atoms with Gasteiger partial charge < -0.3 is 15.3 Å². The second-order valence-corrected chi connectivity index (χ2v) is 11.8. The number of carbonyl (C=O) groups is 3. The first kappa shape index (κ1) is 28.2. The molecule has 214 valence electrons. The molecule has 2 aromatic carbocycles. The van der Waals surface area contributed by atoms with Crippen molar-refractivity contribution in [3.63, 3.8) is 0 Å². The highest BCUT2D eigenvalue weighted by Gasteiger charge is 2.49. The van der Waals surface area contributed by atoms with E-state index in [0.29, 0.717) is 43.2 Å². The molecule has 1 aliphatic carbocycles. The summed E-state index contributed by atoms with van der Waals surface area (Å²) in [4.78, 5) is 40.6. The van der Waals surface area contributed by atoms with Crippen LogP contribution >= 0.6 is 0 Å². The van der Waals surface area contributed by atoms with Crippen molar-refractivity contribution in [2.75, 3.05) is 6.54 Å². The number of halogens is 1. The van der Waals surface area contributed by atoms with E-state index in [-0.39, 0.29) is 54.1 Å². The van der Waals surface area contributed by atoms with E-state index in [4.69, 9.17) is 0 Å². The maximum absolute atomic E-state index is 14.1. The highest BCUT2D eigenvalue weighted by molar-refractivity contribution is 5.96. The van der Waals surface area contributed by atoms with Gasteiger partial charge in [-0.1, -0.05) is 31.0 Å². The average Bonchev–Trinajstić information content (AvgIpc) is 3.58. The SMILES string of the molecule is Cc1cc(C(=O)NCC(=O)N2[C@H](c3cccc(F)c3)CC[C@@H]2C2(O)CCCC2)ccc1CC1CC(C)NNC1=O. The topological polar surface area (TPSA) is 111 Å². The number of aryl methyl sites for hydroxylation is 1. The molecule has 40 heavy (non-hydrogen) atoms. The van der Waals surface area contributed by atoms with Crippen LogP contribution in [0.25, 0.3) is 0 Å². The van der Waals surface area contributed by atoms with Crippen LogP contribution in [0, 0.1) is 18.7 Å². The lowest BCUT2D eigenvalue weighted by atomic mass is 9.89. The van der Waals surface area contributed by atoms with Crippen molar-refractivity contribution in [3.8, 4) is 0 Å². The molecule has 0 bridgehead atoms. The van der Waals surface area contributed by atoms with Crippen LogP contribution in [0.15, 0.2) is 42.5 Å². The van der Waals surface area contributed by atoms with E-state index in [1.165, 1.54) is 12.1 Å².